The van der Waals surface area contributed by atoms with E-state index < -0.39 is 0 Å². The number of nitrogens with two attached hydrogens (primary N) is 1. The molecule has 0 radical (unpaired) electrons. The molecule has 138 valence electrons. The third-order valence-corrected chi connectivity index (χ3v) is 5.00. The molecule has 0 aliphatic rings. The van der Waals surface area contributed by atoms with Crippen LogP contribution in [0, 0.1) is 0 Å². The second-order valence-corrected chi connectivity index (χ2v) is 7.28. The molecule has 0 saturated heterocycles. The molecule has 28 heavy (non-hydrogen) atoms. The first kappa shape index (κ1) is 20.1. The van der Waals surface area contributed by atoms with Crippen molar-refractivity contribution < 1.29 is 0 Å². The van der Waals surface area contributed by atoms with Crippen LogP contribution < -0.4 is 27.4 Å². The monoisotopic (exact) mass is 381 g/mol. The van der Waals surface area contributed by atoms with E-state index in [1.807, 2.05) is 24.3 Å². The first-order valence-corrected chi connectivity index (χ1v) is 10.0. The minimum atomic E-state index is 0.309. The Hall–Kier alpha value is -2.67. The maximum Gasteiger partial charge on any atom is 0.241 e. The molecule has 0 heterocycles. The van der Waals surface area contributed by atoms with Gasteiger partial charge in [0.15, 0.2) is 0 Å². The highest BCUT2D eigenvalue weighted by molar-refractivity contribution is 7.27. The summed E-state index contributed by atoms with van der Waals surface area (Å²) in [5.41, 5.74) is 10.6. The molecule has 1 atom stereocenters. The molecule has 4 aromatic carbocycles. The normalized spacial score (nSPS) is 9.93. The van der Waals surface area contributed by atoms with Crippen molar-refractivity contribution in [2.75, 3.05) is 0 Å². The van der Waals surface area contributed by atoms with Crippen LogP contribution in [0.4, 0.5) is 0 Å². The standard InChI is InChI=1S/C18H15B.C7H10NP/c1-4-10-16(11-5-1)19(17-12-6-2-7-13-17)18-14-8-3-9-15-18;8-5-6-1-3-7(9)4-2-6/h1-15H;1-4H,5,8-9H2. The van der Waals surface area contributed by atoms with Gasteiger partial charge in [0.2, 0.25) is 6.71 Å². The van der Waals surface area contributed by atoms with E-state index in [1.165, 1.54) is 27.3 Å². The Morgan fingerprint density at radius 2 is 0.893 bits per heavy atom. The van der Waals surface area contributed by atoms with Crippen LogP contribution in [0.5, 0.6) is 0 Å². The van der Waals surface area contributed by atoms with E-state index in [9.17, 15) is 0 Å². The van der Waals surface area contributed by atoms with E-state index in [-0.39, 0.29) is 0 Å². The molecule has 1 nitrogen and oxygen atoms in total. The van der Waals surface area contributed by atoms with Crippen LogP contribution in [-0.4, -0.2) is 6.71 Å². The highest BCUT2D eigenvalue weighted by atomic mass is 31.0. The van der Waals surface area contributed by atoms with Crippen LogP contribution >= 0.6 is 9.24 Å². The summed E-state index contributed by atoms with van der Waals surface area (Å²) in [4.78, 5) is 0. The molecular weight excluding hydrogens is 356 g/mol. The molecule has 0 fully saturated rings. The summed E-state index contributed by atoms with van der Waals surface area (Å²) in [6, 6.07) is 40.2. The number of rotatable bonds is 4. The minimum Gasteiger partial charge on any atom is -0.326 e. The van der Waals surface area contributed by atoms with Crippen molar-refractivity contribution in [1.82, 2.24) is 0 Å². The van der Waals surface area contributed by atoms with Gasteiger partial charge in [-0.05, 0) is 10.9 Å². The van der Waals surface area contributed by atoms with Crippen molar-refractivity contribution >= 4 is 37.6 Å². The molecule has 0 aliphatic heterocycles. The van der Waals surface area contributed by atoms with Gasteiger partial charge in [0.05, 0.1) is 0 Å². The van der Waals surface area contributed by atoms with E-state index in [2.05, 4.69) is 100 Å². The number of benzene rings is 4. The average molecular weight is 381 g/mol. The van der Waals surface area contributed by atoms with Gasteiger partial charge in [-0.25, -0.2) is 0 Å². The molecule has 0 spiro atoms. The number of hydrogen-bond donors (Lipinski definition) is 1. The van der Waals surface area contributed by atoms with Gasteiger partial charge in [-0.15, -0.1) is 9.24 Å². The van der Waals surface area contributed by atoms with E-state index in [0.717, 1.165) is 0 Å². The van der Waals surface area contributed by atoms with Crippen LogP contribution in [-0.2, 0) is 6.54 Å². The molecule has 0 amide bonds. The van der Waals surface area contributed by atoms with Crippen molar-refractivity contribution in [2.45, 2.75) is 6.54 Å². The lowest BCUT2D eigenvalue weighted by atomic mass is 9.37. The minimum absolute atomic E-state index is 0.309. The van der Waals surface area contributed by atoms with Crippen LogP contribution in [0.1, 0.15) is 5.56 Å². The van der Waals surface area contributed by atoms with E-state index in [4.69, 9.17) is 5.73 Å². The fraction of sp³-hybridized carbons (Fsp3) is 0.0400. The average Bonchev–Trinajstić information content (AvgIpc) is 2.77. The van der Waals surface area contributed by atoms with Crippen LogP contribution in [0.3, 0.4) is 0 Å². The van der Waals surface area contributed by atoms with Crippen LogP contribution in [0.15, 0.2) is 115 Å². The van der Waals surface area contributed by atoms with Crippen molar-refractivity contribution in [2.24, 2.45) is 5.73 Å². The van der Waals surface area contributed by atoms with Crippen molar-refractivity contribution in [3.63, 3.8) is 0 Å². The molecule has 0 aromatic heterocycles. The molecule has 0 saturated carbocycles. The molecular formula is C25H25BNP. The fourth-order valence-electron chi connectivity index (χ4n) is 3.17. The maximum atomic E-state index is 5.39. The Morgan fingerprint density at radius 3 is 1.21 bits per heavy atom. The zero-order valence-electron chi connectivity index (χ0n) is 15.9. The smallest absolute Gasteiger partial charge is 0.241 e. The molecule has 4 aromatic rings. The van der Waals surface area contributed by atoms with Gasteiger partial charge < -0.3 is 5.73 Å². The van der Waals surface area contributed by atoms with Crippen LogP contribution in [0.2, 0.25) is 0 Å². The second-order valence-electron chi connectivity index (χ2n) is 6.61. The molecule has 1 unspecified atom stereocenters. The fourth-order valence-corrected chi connectivity index (χ4v) is 3.36. The topological polar surface area (TPSA) is 26.0 Å². The summed E-state index contributed by atoms with van der Waals surface area (Å²) < 4.78 is 0. The predicted octanol–water partition coefficient (Wildman–Crippen LogP) is 2.85. The zero-order chi connectivity index (χ0) is 19.6. The molecule has 2 N–H and O–H groups in total. The molecule has 0 aliphatic carbocycles. The summed E-state index contributed by atoms with van der Waals surface area (Å²) in [5.74, 6) is 0. The largest absolute Gasteiger partial charge is 0.326 e. The Labute approximate surface area is 170 Å². The van der Waals surface area contributed by atoms with Gasteiger partial charge in [0.1, 0.15) is 0 Å². The summed E-state index contributed by atoms with van der Waals surface area (Å²) in [5, 5.41) is 1.20. The van der Waals surface area contributed by atoms with E-state index >= 15 is 0 Å². The van der Waals surface area contributed by atoms with Gasteiger partial charge >= 0.3 is 0 Å². The van der Waals surface area contributed by atoms with Gasteiger partial charge in [-0.2, -0.15) is 0 Å². The summed E-state index contributed by atoms with van der Waals surface area (Å²) in [6.07, 6.45) is 0. The number of hydrogen-bond acceptors (Lipinski definition) is 1. The van der Waals surface area contributed by atoms with Gasteiger partial charge in [-0.3, -0.25) is 0 Å². The predicted molar refractivity (Wildman–Crippen MR) is 128 cm³/mol. The second kappa shape index (κ2) is 10.6. The lowest BCUT2D eigenvalue weighted by Gasteiger charge is -2.15. The zero-order valence-corrected chi connectivity index (χ0v) is 17.1. The van der Waals surface area contributed by atoms with Gasteiger partial charge in [0.25, 0.3) is 0 Å². The maximum absolute atomic E-state index is 5.39. The summed E-state index contributed by atoms with van der Waals surface area (Å²) in [7, 11) is 2.63. The van der Waals surface area contributed by atoms with Crippen molar-refractivity contribution in [1.29, 1.82) is 0 Å². The van der Waals surface area contributed by atoms with Gasteiger partial charge in [0, 0.05) is 6.54 Å². The highest BCUT2D eigenvalue weighted by Crippen LogP contribution is 1.97. The quantitative estimate of drug-likeness (QED) is 0.427. The Bertz CT molecular complexity index is 848. The Balaban J connectivity index is 0.000000211. The third-order valence-electron chi connectivity index (χ3n) is 4.61. The lowest BCUT2D eigenvalue weighted by Crippen LogP contribution is -2.51. The van der Waals surface area contributed by atoms with Crippen molar-refractivity contribution in [3.8, 4) is 0 Å². The van der Waals surface area contributed by atoms with Crippen LogP contribution in [0.25, 0.3) is 0 Å². The molecule has 3 heteroatoms. The molecule has 0 bridgehead atoms. The van der Waals surface area contributed by atoms with Gasteiger partial charge in [-0.1, -0.05) is 132 Å². The first-order valence-electron chi connectivity index (χ1n) is 9.47. The van der Waals surface area contributed by atoms with Crippen molar-refractivity contribution in [3.05, 3.63) is 121 Å². The third kappa shape index (κ3) is 5.66. The Kier molecular flexibility index (Phi) is 7.61. The first-order chi connectivity index (χ1) is 13.8. The Morgan fingerprint density at radius 1 is 0.536 bits per heavy atom. The molecule has 4 rings (SSSR count). The van der Waals surface area contributed by atoms with E-state index in [1.54, 1.807) is 0 Å². The lowest BCUT2D eigenvalue weighted by molar-refractivity contribution is 1.07. The highest BCUT2D eigenvalue weighted by Gasteiger charge is 2.20. The SMILES string of the molecule is NCc1ccc(P)cc1.c1ccc(B(c2ccccc2)c2ccccc2)cc1. The van der Waals surface area contributed by atoms with E-state index in [0.29, 0.717) is 13.3 Å². The summed E-state index contributed by atoms with van der Waals surface area (Å²) >= 11 is 0. The summed E-state index contributed by atoms with van der Waals surface area (Å²) in [6.45, 7) is 0.939.